The molecule has 2 amide bonds. The summed E-state index contributed by atoms with van der Waals surface area (Å²) in [5, 5.41) is 8.46. The van der Waals surface area contributed by atoms with E-state index in [1.54, 1.807) is 37.3 Å². The van der Waals surface area contributed by atoms with Crippen molar-refractivity contribution in [2.45, 2.75) is 20.0 Å². The van der Waals surface area contributed by atoms with Gasteiger partial charge in [0.05, 0.1) is 16.7 Å². The van der Waals surface area contributed by atoms with Crippen LogP contribution in [-0.2, 0) is 4.74 Å². The molecule has 150 valence electrons. The smallest absolute Gasteiger partial charge is 0.338 e. The first-order chi connectivity index (χ1) is 14.4. The maximum atomic E-state index is 12.7. The third-order valence-electron chi connectivity index (χ3n) is 4.54. The minimum Gasteiger partial charge on any atom is -0.451 e. The van der Waals surface area contributed by atoms with Gasteiger partial charge in [0.15, 0.2) is 6.10 Å². The molecule has 1 aliphatic rings. The molecule has 0 aliphatic carbocycles. The number of amides is 2. The largest absolute Gasteiger partial charge is 0.451 e. The molecule has 0 saturated carbocycles. The number of fused-ring (bicyclic) bond motifs is 1. The highest BCUT2D eigenvalue weighted by Gasteiger charge is 2.39. The van der Waals surface area contributed by atoms with E-state index in [0.717, 1.165) is 16.2 Å². The highest BCUT2D eigenvalue weighted by molar-refractivity contribution is 7.15. The number of aryl methyl sites for hydroxylation is 1. The maximum Gasteiger partial charge on any atom is 0.338 e. The van der Waals surface area contributed by atoms with Gasteiger partial charge in [-0.15, -0.1) is 10.2 Å². The molecule has 0 unspecified atom stereocenters. The minimum absolute atomic E-state index is 0.0675. The highest BCUT2D eigenvalue weighted by Crippen LogP contribution is 2.31. The monoisotopic (exact) mass is 421 g/mol. The normalized spacial score (nSPS) is 13.9. The summed E-state index contributed by atoms with van der Waals surface area (Å²) in [6.45, 7) is 3.19. The fraction of sp³-hybridized carbons (Fsp3) is 0.143. The summed E-state index contributed by atoms with van der Waals surface area (Å²) in [5.74, 6) is -2.22. The summed E-state index contributed by atoms with van der Waals surface area (Å²) >= 11 is 1.12. The summed E-state index contributed by atoms with van der Waals surface area (Å²) in [6, 6.07) is 12.6. The molecule has 9 heteroatoms. The second-order valence-electron chi connectivity index (χ2n) is 6.59. The first-order valence-corrected chi connectivity index (χ1v) is 9.81. The molecule has 0 saturated heterocycles. The molecule has 0 radical (unpaired) electrons. The molecule has 1 aliphatic heterocycles. The van der Waals surface area contributed by atoms with Crippen molar-refractivity contribution in [2.75, 3.05) is 4.90 Å². The molecule has 1 atom stereocenters. The standard InChI is InChI=1S/C21H15N3O5S/c1-11(17(25)13-6-4-3-5-7-13)29-20(28)14-8-9-15-16(10-14)19(27)24(18(15)26)21-23-22-12(2)30-21/h3-11H,1-2H3/t11-/m1/s1. The Morgan fingerprint density at radius 3 is 2.33 bits per heavy atom. The molecule has 0 N–H and O–H groups in total. The van der Waals surface area contributed by atoms with Crippen LogP contribution >= 0.6 is 11.3 Å². The molecule has 2 heterocycles. The zero-order chi connectivity index (χ0) is 21.4. The Balaban J connectivity index is 1.55. The molecule has 30 heavy (non-hydrogen) atoms. The lowest BCUT2D eigenvalue weighted by Gasteiger charge is -2.12. The Kier molecular flexibility index (Phi) is 4.96. The zero-order valence-electron chi connectivity index (χ0n) is 16.0. The Hall–Kier alpha value is -3.72. The van der Waals surface area contributed by atoms with Crippen molar-refractivity contribution >= 4 is 40.0 Å². The number of Topliss-reactive ketones (excluding diaryl/α,β-unsaturated/α-hetero) is 1. The van der Waals surface area contributed by atoms with Crippen LogP contribution in [0.3, 0.4) is 0 Å². The first-order valence-electron chi connectivity index (χ1n) is 9.00. The van der Waals surface area contributed by atoms with E-state index >= 15 is 0 Å². The van der Waals surface area contributed by atoms with Gasteiger partial charge < -0.3 is 4.74 Å². The maximum absolute atomic E-state index is 12.7. The minimum atomic E-state index is -1.01. The SMILES string of the molecule is Cc1nnc(N2C(=O)c3ccc(C(=O)O[C@H](C)C(=O)c4ccccc4)cc3C2=O)s1. The predicted octanol–water partition coefficient (Wildman–Crippen LogP) is 3.08. The second kappa shape index (κ2) is 7.60. The number of nitrogens with zero attached hydrogens (tertiary/aromatic N) is 3. The van der Waals surface area contributed by atoms with E-state index < -0.39 is 23.9 Å². The van der Waals surface area contributed by atoms with Crippen molar-refractivity contribution in [1.29, 1.82) is 0 Å². The quantitative estimate of drug-likeness (QED) is 0.354. The van der Waals surface area contributed by atoms with Crippen molar-refractivity contribution in [3.05, 3.63) is 75.8 Å². The summed E-state index contributed by atoms with van der Waals surface area (Å²) in [7, 11) is 0. The molecular formula is C21H15N3O5S. The predicted molar refractivity (Wildman–Crippen MR) is 108 cm³/mol. The summed E-state index contributed by atoms with van der Waals surface area (Å²) < 4.78 is 5.27. The third-order valence-corrected chi connectivity index (χ3v) is 5.36. The molecule has 0 spiro atoms. The van der Waals surface area contributed by atoms with Crippen molar-refractivity contribution < 1.29 is 23.9 Å². The van der Waals surface area contributed by atoms with E-state index in [-0.39, 0.29) is 27.6 Å². The van der Waals surface area contributed by atoms with Gasteiger partial charge >= 0.3 is 5.97 Å². The highest BCUT2D eigenvalue weighted by atomic mass is 32.1. The lowest BCUT2D eigenvalue weighted by molar-refractivity contribution is 0.0318. The van der Waals surface area contributed by atoms with Gasteiger partial charge in [0, 0.05) is 5.56 Å². The van der Waals surface area contributed by atoms with E-state index in [0.29, 0.717) is 10.6 Å². The van der Waals surface area contributed by atoms with E-state index in [4.69, 9.17) is 4.74 Å². The van der Waals surface area contributed by atoms with Crippen LogP contribution in [0.1, 0.15) is 53.4 Å². The van der Waals surface area contributed by atoms with E-state index in [9.17, 15) is 19.2 Å². The second-order valence-corrected chi connectivity index (χ2v) is 7.75. The molecular weight excluding hydrogens is 406 g/mol. The number of esters is 1. The fourth-order valence-corrected chi connectivity index (χ4v) is 3.72. The van der Waals surface area contributed by atoms with Gasteiger partial charge in [0.25, 0.3) is 11.8 Å². The summed E-state index contributed by atoms with van der Waals surface area (Å²) in [4.78, 5) is 51.2. The number of hydrogen-bond donors (Lipinski definition) is 0. The lowest BCUT2D eigenvalue weighted by atomic mass is 10.1. The summed E-state index contributed by atoms with van der Waals surface area (Å²) in [6.07, 6.45) is -1.01. The molecule has 8 nitrogen and oxygen atoms in total. The number of anilines is 1. The lowest BCUT2D eigenvalue weighted by Crippen LogP contribution is -2.29. The van der Waals surface area contributed by atoms with E-state index in [1.807, 2.05) is 0 Å². The molecule has 0 bridgehead atoms. The van der Waals surface area contributed by atoms with Crippen molar-refractivity contribution in [3.63, 3.8) is 0 Å². The number of ether oxygens (including phenoxy) is 1. The van der Waals surface area contributed by atoms with Gasteiger partial charge in [0.2, 0.25) is 10.9 Å². The van der Waals surface area contributed by atoms with Gasteiger partial charge in [-0.25, -0.2) is 9.69 Å². The number of ketones is 1. The van der Waals surface area contributed by atoms with Gasteiger partial charge in [0.1, 0.15) is 5.01 Å². The molecule has 3 aromatic rings. The Morgan fingerprint density at radius 1 is 0.967 bits per heavy atom. The topological polar surface area (TPSA) is 107 Å². The number of benzene rings is 2. The molecule has 0 fully saturated rings. The Morgan fingerprint density at radius 2 is 1.67 bits per heavy atom. The molecule has 1 aromatic heterocycles. The molecule has 4 rings (SSSR count). The van der Waals surface area contributed by atoms with Crippen molar-refractivity contribution in [1.82, 2.24) is 10.2 Å². The van der Waals surface area contributed by atoms with Gasteiger partial charge in [-0.05, 0) is 32.0 Å². The number of imide groups is 1. The number of carbonyl (C=O) groups excluding carboxylic acids is 4. The van der Waals surface area contributed by atoms with Gasteiger partial charge in [-0.2, -0.15) is 0 Å². The van der Waals surface area contributed by atoms with Crippen molar-refractivity contribution in [2.24, 2.45) is 0 Å². The number of carbonyl (C=O) groups is 4. The fourth-order valence-electron chi connectivity index (χ4n) is 3.04. The van der Waals surface area contributed by atoms with E-state index in [1.165, 1.54) is 25.1 Å². The Bertz CT molecular complexity index is 1190. The molecule has 2 aromatic carbocycles. The zero-order valence-corrected chi connectivity index (χ0v) is 16.8. The van der Waals surface area contributed by atoms with E-state index in [2.05, 4.69) is 10.2 Å². The van der Waals surface area contributed by atoms with Crippen molar-refractivity contribution in [3.8, 4) is 0 Å². The average Bonchev–Trinajstić information content (AvgIpc) is 3.28. The first kappa shape index (κ1) is 19.6. The van der Waals surface area contributed by atoms with Gasteiger partial charge in [-0.3, -0.25) is 14.4 Å². The van der Waals surface area contributed by atoms with Crippen LogP contribution in [0.15, 0.2) is 48.5 Å². The Labute approximate surface area is 175 Å². The number of aromatic nitrogens is 2. The van der Waals surface area contributed by atoms with Crippen LogP contribution in [0.2, 0.25) is 0 Å². The van der Waals surface area contributed by atoms with Crippen LogP contribution in [0.25, 0.3) is 0 Å². The van der Waals surface area contributed by atoms with Crippen LogP contribution in [0.5, 0.6) is 0 Å². The van der Waals surface area contributed by atoms with Crippen LogP contribution in [-0.4, -0.2) is 39.9 Å². The number of rotatable bonds is 5. The number of hydrogen-bond acceptors (Lipinski definition) is 8. The van der Waals surface area contributed by atoms with Crippen LogP contribution < -0.4 is 4.90 Å². The van der Waals surface area contributed by atoms with Crippen LogP contribution in [0.4, 0.5) is 5.13 Å². The summed E-state index contributed by atoms with van der Waals surface area (Å²) in [5.41, 5.74) is 0.732. The third kappa shape index (κ3) is 3.39. The average molecular weight is 421 g/mol. The van der Waals surface area contributed by atoms with Gasteiger partial charge in [-0.1, -0.05) is 41.7 Å². The van der Waals surface area contributed by atoms with Crippen LogP contribution in [0, 0.1) is 6.92 Å².